The highest BCUT2D eigenvalue weighted by Crippen LogP contribution is 2.25. The highest BCUT2D eigenvalue weighted by molar-refractivity contribution is 5.85. The molecule has 0 spiro atoms. The molecule has 1 saturated carbocycles. The van der Waals surface area contributed by atoms with E-state index in [0.717, 1.165) is 31.8 Å². The van der Waals surface area contributed by atoms with Crippen LogP contribution in [0.25, 0.3) is 0 Å². The van der Waals surface area contributed by atoms with Crippen LogP contribution in [0.3, 0.4) is 0 Å². The molecule has 4 heteroatoms. The summed E-state index contributed by atoms with van der Waals surface area (Å²) in [5.74, 6) is 1.11. The van der Waals surface area contributed by atoms with Crippen LogP contribution in [0.4, 0.5) is 0 Å². The molecule has 1 saturated heterocycles. The molecule has 2 aliphatic rings. The molecule has 1 amide bonds. The summed E-state index contributed by atoms with van der Waals surface area (Å²) in [6.45, 7) is 2.12. The largest absolute Gasteiger partial charge is 0.345 e. The maximum absolute atomic E-state index is 12.0. The molecule has 1 aliphatic carbocycles. The third-order valence-electron chi connectivity index (χ3n) is 4.30. The van der Waals surface area contributed by atoms with Crippen molar-refractivity contribution in [3.8, 4) is 0 Å². The molecule has 106 valence electrons. The van der Waals surface area contributed by atoms with Crippen molar-refractivity contribution in [3.05, 3.63) is 0 Å². The lowest BCUT2D eigenvalue weighted by Crippen LogP contribution is -2.32. The second kappa shape index (κ2) is 8.00. The van der Waals surface area contributed by atoms with Crippen LogP contribution in [0.5, 0.6) is 0 Å². The van der Waals surface area contributed by atoms with Gasteiger partial charge in [0.05, 0.1) is 0 Å². The molecule has 1 aliphatic heterocycles. The molecule has 1 atom stereocenters. The number of amides is 1. The number of hydrogen-bond acceptors (Lipinski definition) is 2. The van der Waals surface area contributed by atoms with Crippen LogP contribution < -0.4 is 5.32 Å². The molecule has 3 nitrogen and oxygen atoms in total. The Labute approximate surface area is 117 Å². The summed E-state index contributed by atoms with van der Waals surface area (Å²) in [6, 6.07) is 0.596. The molecule has 0 radical (unpaired) electrons. The first-order chi connectivity index (χ1) is 8.25. The monoisotopic (exact) mass is 274 g/mol. The minimum Gasteiger partial charge on any atom is -0.345 e. The quantitative estimate of drug-likeness (QED) is 0.836. The minimum atomic E-state index is 0. The van der Waals surface area contributed by atoms with Gasteiger partial charge in [-0.1, -0.05) is 12.8 Å². The molecular weight excluding hydrogens is 248 g/mol. The van der Waals surface area contributed by atoms with E-state index in [2.05, 4.69) is 5.32 Å². The first-order valence-electron chi connectivity index (χ1n) is 7.23. The Kier molecular flexibility index (Phi) is 7.02. The van der Waals surface area contributed by atoms with Gasteiger partial charge in [-0.3, -0.25) is 4.79 Å². The smallest absolute Gasteiger partial charge is 0.222 e. The fourth-order valence-electron chi connectivity index (χ4n) is 3.17. The number of nitrogens with zero attached hydrogens (tertiary/aromatic N) is 1. The lowest BCUT2D eigenvalue weighted by Gasteiger charge is -2.21. The highest BCUT2D eigenvalue weighted by atomic mass is 35.5. The van der Waals surface area contributed by atoms with Gasteiger partial charge in [-0.25, -0.2) is 0 Å². The van der Waals surface area contributed by atoms with Crippen LogP contribution in [0.1, 0.15) is 51.4 Å². The van der Waals surface area contributed by atoms with Crippen molar-refractivity contribution in [3.63, 3.8) is 0 Å². The van der Waals surface area contributed by atoms with Gasteiger partial charge in [0, 0.05) is 26.1 Å². The van der Waals surface area contributed by atoms with Gasteiger partial charge in [-0.05, 0) is 44.6 Å². The zero-order valence-electron chi connectivity index (χ0n) is 11.5. The summed E-state index contributed by atoms with van der Waals surface area (Å²) in [5.41, 5.74) is 0. The minimum absolute atomic E-state index is 0. The van der Waals surface area contributed by atoms with Gasteiger partial charge in [0.25, 0.3) is 0 Å². The van der Waals surface area contributed by atoms with E-state index in [4.69, 9.17) is 0 Å². The topological polar surface area (TPSA) is 32.3 Å². The summed E-state index contributed by atoms with van der Waals surface area (Å²) in [4.78, 5) is 13.9. The van der Waals surface area contributed by atoms with E-state index in [1.54, 1.807) is 0 Å². The molecule has 18 heavy (non-hydrogen) atoms. The molecule has 0 aromatic heterocycles. The third-order valence-corrected chi connectivity index (χ3v) is 4.30. The van der Waals surface area contributed by atoms with Gasteiger partial charge in [-0.2, -0.15) is 0 Å². The standard InChI is InChI=1S/C14H26N2O.ClH/c1-16(11-12-5-2-3-6-12)14(17)9-8-13-7-4-10-15-13;/h12-13,15H,2-11H2,1H3;1H. The predicted octanol–water partition coefficient (Wildman–Crippen LogP) is 2.59. The summed E-state index contributed by atoms with van der Waals surface area (Å²) in [6.07, 6.45) is 9.63. The molecule has 1 heterocycles. The highest BCUT2D eigenvalue weighted by Gasteiger charge is 2.20. The number of carbonyl (C=O) groups excluding carboxylic acids is 1. The van der Waals surface area contributed by atoms with E-state index >= 15 is 0 Å². The lowest BCUT2D eigenvalue weighted by atomic mass is 10.1. The fourth-order valence-corrected chi connectivity index (χ4v) is 3.17. The number of hydrogen-bond donors (Lipinski definition) is 1. The second-order valence-electron chi connectivity index (χ2n) is 5.76. The lowest BCUT2D eigenvalue weighted by molar-refractivity contribution is -0.130. The first kappa shape index (κ1) is 15.8. The molecular formula is C14H27ClN2O. The Hall–Kier alpha value is -0.280. The molecule has 1 N–H and O–H groups in total. The molecule has 0 aromatic rings. The Balaban J connectivity index is 0.00000162. The van der Waals surface area contributed by atoms with E-state index in [-0.39, 0.29) is 12.4 Å². The van der Waals surface area contributed by atoms with Crippen molar-refractivity contribution in [1.29, 1.82) is 0 Å². The Bertz CT molecular complexity index is 248. The SMILES string of the molecule is CN(CC1CCCC1)C(=O)CCC1CCCN1.Cl. The van der Waals surface area contributed by atoms with Crippen molar-refractivity contribution in [2.24, 2.45) is 5.92 Å². The van der Waals surface area contributed by atoms with Gasteiger partial charge in [0.2, 0.25) is 5.91 Å². The van der Waals surface area contributed by atoms with Crippen LogP contribution in [-0.4, -0.2) is 37.0 Å². The van der Waals surface area contributed by atoms with Gasteiger partial charge < -0.3 is 10.2 Å². The van der Waals surface area contributed by atoms with Crippen LogP contribution in [-0.2, 0) is 4.79 Å². The van der Waals surface area contributed by atoms with Gasteiger partial charge in [0.1, 0.15) is 0 Å². The Morgan fingerprint density at radius 2 is 1.94 bits per heavy atom. The maximum Gasteiger partial charge on any atom is 0.222 e. The summed E-state index contributed by atoms with van der Waals surface area (Å²) < 4.78 is 0. The summed E-state index contributed by atoms with van der Waals surface area (Å²) >= 11 is 0. The molecule has 1 unspecified atom stereocenters. The van der Waals surface area contributed by atoms with Crippen molar-refractivity contribution >= 4 is 18.3 Å². The fraction of sp³-hybridized carbons (Fsp3) is 0.929. The molecule has 2 fully saturated rings. The zero-order chi connectivity index (χ0) is 12.1. The summed E-state index contributed by atoms with van der Waals surface area (Å²) in [5, 5.41) is 3.45. The van der Waals surface area contributed by atoms with Gasteiger partial charge in [0.15, 0.2) is 0 Å². The molecule has 2 rings (SSSR count). The van der Waals surface area contributed by atoms with Crippen molar-refractivity contribution in [2.75, 3.05) is 20.1 Å². The van der Waals surface area contributed by atoms with Crippen molar-refractivity contribution in [2.45, 2.75) is 57.4 Å². The van der Waals surface area contributed by atoms with Crippen LogP contribution in [0, 0.1) is 5.92 Å². The van der Waals surface area contributed by atoms with E-state index in [9.17, 15) is 4.79 Å². The average molecular weight is 275 g/mol. The van der Waals surface area contributed by atoms with Crippen molar-refractivity contribution in [1.82, 2.24) is 10.2 Å². The zero-order valence-corrected chi connectivity index (χ0v) is 12.3. The predicted molar refractivity (Wildman–Crippen MR) is 77.1 cm³/mol. The Morgan fingerprint density at radius 1 is 1.22 bits per heavy atom. The van der Waals surface area contributed by atoms with Crippen LogP contribution >= 0.6 is 12.4 Å². The van der Waals surface area contributed by atoms with Gasteiger partial charge >= 0.3 is 0 Å². The first-order valence-corrected chi connectivity index (χ1v) is 7.23. The molecule has 0 aromatic carbocycles. The number of nitrogens with one attached hydrogen (secondary N) is 1. The molecule has 0 bridgehead atoms. The van der Waals surface area contributed by atoms with E-state index in [1.807, 2.05) is 11.9 Å². The maximum atomic E-state index is 12.0. The third kappa shape index (κ3) is 4.77. The van der Waals surface area contributed by atoms with Crippen LogP contribution in [0.15, 0.2) is 0 Å². The van der Waals surface area contributed by atoms with Crippen LogP contribution in [0.2, 0.25) is 0 Å². The Morgan fingerprint density at radius 3 is 2.56 bits per heavy atom. The second-order valence-corrected chi connectivity index (χ2v) is 5.76. The van der Waals surface area contributed by atoms with Gasteiger partial charge in [-0.15, -0.1) is 12.4 Å². The average Bonchev–Trinajstić information content (AvgIpc) is 2.98. The summed E-state index contributed by atoms with van der Waals surface area (Å²) in [7, 11) is 1.97. The van der Waals surface area contributed by atoms with E-state index in [1.165, 1.54) is 38.5 Å². The number of halogens is 1. The van der Waals surface area contributed by atoms with E-state index in [0.29, 0.717) is 11.9 Å². The van der Waals surface area contributed by atoms with E-state index < -0.39 is 0 Å². The normalized spacial score (nSPS) is 23.9. The number of carbonyl (C=O) groups is 1. The van der Waals surface area contributed by atoms with Crippen molar-refractivity contribution < 1.29 is 4.79 Å². The number of rotatable bonds is 5.